The molecule has 4 nitrogen and oxygen atoms in total. The number of hydrogen-bond donors (Lipinski definition) is 1. The van der Waals surface area contributed by atoms with Gasteiger partial charge in [-0.15, -0.1) is 12.4 Å². The van der Waals surface area contributed by atoms with Crippen molar-refractivity contribution in [2.24, 2.45) is 11.1 Å². The van der Waals surface area contributed by atoms with E-state index in [9.17, 15) is 4.79 Å². The third-order valence-electron chi connectivity index (χ3n) is 3.23. The second-order valence-electron chi connectivity index (χ2n) is 5.75. The smallest absolute Gasteiger partial charge is 0.226 e. The molecule has 0 aromatic heterocycles. The van der Waals surface area contributed by atoms with Gasteiger partial charge in [-0.05, 0) is 30.2 Å². The van der Waals surface area contributed by atoms with Crippen LogP contribution < -0.4 is 10.5 Å². The number of carbonyl (C=O) groups is 1. The summed E-state index contributed by atoms with van der Waals surface area (Å²) in [6, 6.07) is 5.28. The monoisotopic (exact) mass is 334 g/mol. The van der Waals surface area contributed by atoms with Gasteiger partial charge in [-0.2, -0.15) is 0 Å². The molecule has 0 saturated carbocycles. The van der Waals surface area contributed by atoms with E-state index < -0.39 is 0 Å². The van der Waals surface area contributed by atoms with Crippen molar-refractivity contribution in [2.75, 3.05) is 27.2 Å². The molecule has 0 heterocycles. The van der Waals surface area contributed by atoms with E-state index in [1.807, 2.05) is 13.8 Å². The Morgan fingerprint density at radius 3 is 2.57 bits per heavy atom. The topological polar surface area (TPSA) is 55.6 Å². The molecule has 6 heteroatoms. The zero-order valence-electron chi connectivity index (χ0n) is 13.0. The highest BCUT2D eigenvalue weighted by Gasteiger charge is 2.21. The molecule has 0 saturated heterocycles. The summed E-state index contributed by atoms with van der Waals surface area (Å²) >= 11 is 5.97. The molecule has 1 aromatic carbocycles. The first-order valence-electron chi connectivity index (χ1n) is 6.55. The molecule has 0 unspecified atom stereocenters. The van der Waals surface area contributed by atoms with Crippen molar-refractivity contribution in [3.63, 3.8) is 0 Å². The lowest BCUT2D eigenvalue weighted by Crippen LogP contribution is -2.40. The van der Waals surface area contributed by atoms with Gasteiger partial charge in [-0.25, -0.2) is 0 Å². The number of nitrogens with two attached hydrogens (primary N) is 1. The largest absolute Gasteiger partial charge is 0.496 e. The van der Waals surface area contributed by atoms with Crippen LogP contribution in [0.15, 0.2) is 18.2 Å². The van der Waals surface area contributed by atoms with Gasteiger partial charge in [0.25, 0.3) is 0 Å². The number of ether oxygens (including phenoxy) is 1. The minimum Gasteiger partial charge on any atom is -0.496 e. The van der Waals surface area contributed by atoms with E-state index >= 15 is 0 Å². The molecule has 1 amide bonds. The van der Waals surface area contributed by atoms with Gasteiger partial charge in [0.05, 0.1) is 13.5 Å². The molecule has 0 fully saturated rings. The van der Waals surface area contributed by atoms with Crippen molar-refractivity contribution in [3.8, 4) is 5.75 Å². The fraction of sp³-hybridized carbons (Fsp3) is 0.533. The highest BCUT2D eigenvalue weighted by Crippen LogP contribution is 2.24. The summed E-state index contributed by atoms with van der Waals surface area (Å²) < 4.78 is 5.25. The Morgan fingerprint density at radius 1 is 1.43 bits per heavy atom. The first kappa shape index (κ1) is 20.0. The van der Waals surface area contributed by atoms with Crippen molar-refractivity contribution in [2.45, 2.75) is 20.3 Å². The van der Waals surface area contributed by atoms with Gasteiger partial charge in [0.15, 0.2) is 0 Å². The number of nitrogens with zero attached hydrogens (tertiary/aromatic N) is 1. The molecule has 1 aromatic rings. The minimum atomic E-state index is -0.0944. The van der Waals surface area contributed by atoms with Gasteiger partial charge in [0, 0.05) is 24.2 Å². The number of amides is 1. The van der Waals surface area contributed by atoms with Crippen LogP contribution in [0.5, 0.6) is 5.75 Å². The molecular formula is C15H24Cl2N2O2. The third kappa shape index (κ3) is 6.12. The quantitative estimate of drug-likeness (QED) is 0.870. The molecular weight excluding hydrogens is 311 g/mol. The summed E-state index contributed by atoms with van der Waals surface area (Å²) in [6.07, 6.45) is 0.265. The number of methoxy groups -OCH3 is 1. The zero-order valence-corrected chi connectivity index (χ0v) is 14.6. The van der Waals surface area contributed by atoms with Crippen LogP contribution in [0, 0.1) is 5.41 Å². The Balaban J connectivity index is 0.00000400. The van der Waals surface area contributed by atoms with Crippen LogP contribution in [0.3, 0.4) is 0 Å². The summed E-state index contributed by atoms with van der Waals surface area (Å²) in [5.41, 5.74) is 6.40. The molecule has 0 aliphatic rings. The summed E-state index contributed by atoms with van der Waals surface area (Å²) in [6.45, 7) is 5.23. The molecule has 0 aliphatic carbocycles. The van der Waals surface area contributed by atoms with Crippen LogP contribution in [-0.4, -0.2) is 38.1 Å². The fourth-order valence-electron chi connectivity index (χ4n) is 1.98. The van der Waals surface area contributed by atoms with Crippen LogP contribution in [0.1, 0.15) is 19.4 Å². The van der Waals surface area contributed by atoms with Crippen molar-refractivity contribution in [3.05, 3.63) is 28.8 Å². The molecule has 0 atom stereocenters. The summed E-state index contributed by atoms with van der Waals surface area (Å²) in [5, 5.41) is 0.596. The SMILES string of the molecule is COc1ccc(Cl)cc1CC(=O)N(C)CC(C)(C)CN.Cl. The number of rotatable bonds is 6. The lowest BCUT2D eigenvalue weighted by Gasteiger charge is -2.29. The van der Waals surface area contributed by atoms with Crippen molar-refractivity contribution in [1.29, 1.82) is 0 Å². The number of benzene rings is 1. The highest BCUT2D eigenvalue weighted by atomic mass is 35.5. The maximum absolute atomic E-state index is 12.3. The predicted molar refractivity (Wildman–Crippen MR) is 89.4 cm³/mol. The lowest BCUT2D eigenvalue weighted by atomic mass is 9.93. The standard InChI is InChI=1S/C15H23ClN2O2.ClH/c1-15(2,9-17)10-18(3)14(19)8-11-7-12(16)5-6-13(11)20-4;/h5-7H,8-10,17H2,1-4H3;1H. The van der Waals surface area contributed by atoms with Crippen LogP contribution in [0.2, 0.25) is 5.02 Å². The maximum Gasteiger partial charge on any atom is 0.226 e. The summed E-state index contributed by atoms with van der Waals surface area (Å²) in [7, 11) is 3.37. The molecule has 120 valence electrons. The molecule has 0 bridgehead atoms. The normalized spacial score (nSPS) is 10.8. The first-order chi connectivity index (χ1) is 9.29. The number of halogens is 2. The van der Waals surface area contributed by atoms with E-state index in [-0.39, 0.29) is 30.2 Å². The lowest BCUT2D eigenvalue weighted by molar-refractivity contribution is -0.130. The molecule has 2 N–H and O–H groups in total. The second kappa shape index (κ2) is 8.47. The minimum absolute atomic E-state index is 0. The number of likely N-dealkylation sites (N-methyl/N-ethyl adjacent to an activating group) is 1. The van der Waals surface area contributed by atoms with Gasteiger partial charge in [-0.3, -0.25) is 4.79 Å². The Bertz CT molecular complexity index is 479. The van der Waals surface area contributed by atoms with Crippen molar-refractivity contribution in [1.82, 2.24) is 4.90 Å². The van der Waals surface area contributed by atoms with E-state index in [1.54, 1.807) is 37.3 Å². The van der Waals surface area contributed by atoms with Crippen molar-refractivity contribution >= 4 is 29.9 Å². The second-order valence-corrected chi connectivity index (χ2v) is 6.19. The van der Waals surface area contributed by atoms with Gasteiger partial charge >= 0.3 is 0 Å². The van der Waals surface area contributed by atoms with Gasteiger partial charge in [0.2, 0.25) is 5.91 Å². The molecule has 0 radical (unpaired) electrons. The van der Waals surface area contributed by atoms with Crippen LogP contribution >= 0.6 is 24.0 Å². The summed E-state index contributed by atoms with van der Waals surface area (Å²) in [4.78, 5) is 14.0. The van der Waals surface area contributed by atoms with Gasteiger partial charge in [-0.1, -0.05) is 25.4 Å². The summed E-state index contributed by atoms with van der Waals surface area (Å²) in [5.74, 6) is 0.696. The van der Waals surface area contributed by atoms with E-state index in [2.05, 4.69) is 0 Å². The average Bonchev–Trinajstić information content (AvgIpc) is 2.38. The van der Waals surface area contributed by atoms with E-state index in [1.165, 1.54) is 0 Å². The van der Waals surface area contributed by atoms with E-state index in [0.717, 1.165) is 5.56 Å². The van der Waals surface area contributed by atoms with Crippen LogP contribution in [0.25, 0.3) is 0 Å². The Kier molecular flexibility index (Phi) is 8.08. The van der Waals surface area contributed by atoms with Gasteiger partial charge in [0.1, 0.15) is 5.75 Å². The van der Waals surface area contributed by atoms with Crippen molar-refractivity contribution < 1.29 is 9.53 Å². The zero-order chi connectivity index (χ0) is 15.3. The fourth-order valence-corrected chi connectivity index (χ4v) is 2.17. The Morgan fingerprint density at radius 2 is 2.05 bits per heavy atom. The van der Waals surface area contributed by atoms with Crippen LogP contribution in [0.4, 0.5) is 0 Å². The number of carbonyl (C=O) groups excluding carboxylic acids is 1. The Labute approximate surface area is 138 Å². The molecule has 21 heavy (non-hydrogen) atoms. The van der Waals surface area contributed by atoms with E-state index in [0.29, 0.717) is 23.9 Å². The third-order valence-corrected chi connectivity index (χ3v) is 3.46. The molecule has 0 aliphatic heterocycles. The highest BCUT2D eigenvalue weighted by molar-refractivity contribution is 6.30. The molecule has 0 spiro atoms. The average molecular weight is 335 g/mol. The predicted octanol–water partition coefficient (Wildman–Crippen LogP) is 2.76. The number of hydrogen-bond acceptors (Lipinski definition) is 3. The van der Waals surface area contributed by atoms with Crippen LogP contribution in [-0.2, 0) is 11.2 Å². The van der Waals surface area contributed by atoms with E-state index in [4.69, 9.17) is 22.1 Å². The maximum atomic E-state index is 12.3. The Hall–Kier alpha value is -0.970. The molecule has 1 rings (SSSR count). The first-order valence-corrected chi connectivity index (χ1v) is 6.93. The van der Waals surface area contributed by atoms with Gasteiger partial charge < -0.3 is 15.4 Å².